The van der Waals surface area contributed by atoms with Crippen molar-refractivity contribution in [1.82, 2.24) is 0 Å². The predicted molar refractivity (Wildman–Crippen MR) is 105 cm³/mol. The van der Waals surface area contributed by atoms with Gasteiger partial charge in [0.05, 0.1) is 31.8 Å². The summed E-state index contributed by atoms with van der Waals surface area (Å²) in [6, 6.07) is 8.21. The van der Waals surface area contributed by atoms with E-state index in [9.17, 15) is 14.9 Å². The third-order valence-corrected chi connectivity index (χ3v) is 7.02. The molecule has 0 aromatic heterocycles. The fourth-order valence-corrected chi connectivity index (χ4v) is 5.57. The molecule has 0 N–H and O–H groups in total. The lowest BCUT2D eigenvalue weighted by molar-refractivity contribution is -0.149. The molecule has 1 aromatic rings. The molecule has 4 rings (SSSR count). The molecule has 0 heterocycles. The number of benzene rings is 1. The Balaban J connectivity index is 1.64. The summed E-state index contributed by atoms with van der Waals surface area (Å²) in [5, 5.41) is 10.2. The Kier molecular flexibility index (Phi) is 5.24. The van der Waals surface area contributed by atoms with Crippen LogP contribution in [0, 0.1) is 29.1 Å². The van der Waals surface area contributed by atoms with E-state index in [1.807, 2.05) is 18.2 Å². The molecule has 3 fully saturated rings. The SMILES string of the molecule is COC(=O)C1C(=O)C[C@@H]2C[C@](C#N)(c3ccc(OC)c(OC4CCCC4)c3)C[C@H]12. The second-order valence-corrected chi connectivity index (χ2v) is 8.59. The third kappa shape index (κ3) is 3.37. The molecule has 0 radical (unpaired) electrons. The van der Waals surface area contributed by atoms with E-state index in [-0.39, 0.29) is 23.7 Å². The van der Waals surface area contributed by atoms with Gasteiger partial charge in [-0.25, -0.2) is 0 Å². The number of hydrogen-bond acceptors (Lipinski definition) is 6. The standard InChI is InChI=1S/C23H27NO5/c1-27-19-8-7-15(10-20(19)29-16-5-3-4-6-16)23(13-24)11-14-9-18(25)21(17(14)12-23)22(26)28-2/h7-8,10,14,16-17,21H,3-6,9,11-12H2,1-2H3/t14-,17+,21?,23+/m1/s1. The van der Waals surface area contributed by atoms with Crippen LogP contribution in [-0.2, 0) is 19.7 Å². The van der Waals surface area contributed by atoms with Crippen LogP contribution in [0.25, 0.3) is 0 Å². The third-order valence-electron chi connectivity index (χ3n) is 7.02. The van der Waals surface area contributed by atoms with Gasteiger partial charge in [0.1, 0.15) is 11.7 Å². The Morgan fingerprint density at radius 1 is 1.17 bits per heavy atom. The molecule has 0 aliphatic heterocycles. The Bertz CT molecular complexity index is 845. The molecule has 154 valence electrons. The highest BCUT2D eigenvalue weighted by Gasteiger charge is 2.57. The second-order valence-electron chi connectivity index (χ2n) is 8.59. The summed E-state index contributed by atoms with van der Waals surface area (Å²) in [5.41, 5.74) is 0.141. The minimum Gasteiger partial charge on any atom is -0.493 e. The molecule has 29 heavy (non-hydrogen) atoms. The van der Waals surface area contributed by atoms with Crippen LogP contribution in [0.5, 0.6) is 11.5 Å². The van der Waals surface area contributed by atoms with E-state index in [2.05, 4.69) is 6.07 Å². The molecular formula is C23H27NO5. The van der Waals surface area contributed by atoms with Gasteiger partial charge in [-0.15, -0.1) is 0 Å². The number of nitriles is 1. The zero-order valence-electron chi connectivity index (χ0n) is 17.0. The molecule has 0 spiro atoms. The molecule has 6 nitrogen and oxygen atoms in total. The van der Waals surface area contributed by atoms with Crippen LogP contribution >= 0.6 is 0 Å². The van der Waals surface area contributed by atoms with Gasteiger partial charge in [0, 0.05) is 6.42 Å². The van der Waals surface area contributed by atoms with Crippen molar-refractivity contribution < 1.29 is 23.8 Å². The van der Waals surface area contributed by atoms with Crippen LogP contribution in [0.3, 0.4) is 0 Å². The van der Waals surface area contributed by atoms with Crippen molar-refractivity contribution in [3.05, 3.63) is 23.8 Å². The maximum atomic E-state index is 12.3. The van der Waals surface area contributed by atoms with Crippen LogP contribution in [0.15, 0.2) is 18.2 Å². The molecule has 0 amide bonds. The first-order valence-corrected chi connectivity index (χ1v) is 10.4. The fraction of sp³-hybridized carbons (Fsp3) is 0.609. The number of carbonyl (C=O) groups is 2. The van der Waals surface area contributed by atoms with Crippen LogP contribution in [0.1, 0.15) is 50.5 Å². The number of methoxy groups -OCH3 is 2. The molecule has 1 unspecified atom stereocenters. The number of ether oxygens (including phenoxy) is 3. The lowest BCUT2D eigenvalue weighted by Gasteiger charge is -2.25. The monoisotopic (exact) mass is 397 g/mol. The summed E-state index contributed by atoms with van der Waals surface area (Å²) in [6.45, 7) is 0. The average Bonchev–Trinajstić information content (AvgIpc) is 3.42. The van der Waals surface area contributed by atoms with Crippen LogP contribution < -0.4 is 9.47 Å². The van der Waals surface area contributed by atoms with E-state index < -0.39 is 17.3 Å². The van der Waals surface area contributed by atoms with Gasteiger partial charge in [-0.05, 0) is 68.1 Å². The quantitative estimate of drug-likeness (QED) is 0.558. The van der Waals surface area contributed by atoms with Gasteiger partial charge < -0.3 is 14.2 Å². The lowest BCUT2D eigenvalue weighted by Crippen LogP contribution is -2.29. The first kappa shape index (κ1) is 19.8. The Morgan fingerprint density at radius 2 is 1.93 bits per heavy atom. The topological polar surface area (TPSA) is 85.6 Å². The normalized spacial score (nSPS) is 31.3. The van der Waals surface area contributed by atoms with Crippen molar-refractivity contribution in [2.75, 3.05) is 14.2 Å². The van der Waals surface area contributed by atoms with E-state index >= 15 is 0 Å². The number of hydrogen-bond donors (Lipinski definition) is 0. The molecular weight excluding hydrogens is 370 g/mol. The van der Waals surface area contributed by atoms with Crippen LogP contribution in [-0.4, -0.2) is 32.1 Å². The summed E-state index contributed by atoms with van der Waals surface area (Å²) >= 11 is 0. The van der Waals surface area contributed by atoms with Gasteiger partial charge in [-0.3, -0.25) is 9.59 Å². The number of ketones is 1. The number of esters is 1. The van der Waals surface area contributed by atoms with Crippen molar-refractivity contribution in [3.8, 4) is 17.6 Å². The predicted octanol–water partition coefficient (Wildman–Crippen LogP) is 3.57. The summed E-state index contributed by atoms with van der Waals surface area (Å²) < 4.78 is 16.6. The van der Waals surface area contributed by atoms with Gasteiger partial charge in [-0.1, -0.05) is 6.07 Å². The van der Waals surface area contributed by atoms with Crippen molar-refractivity contribution in [2.45, 2.75) is 56.5 Å². The van der Waals surface area contributed by atoms with Crippen LogP contribution in [0.4, 0.5) is 0 Å². The molecule has 0 saturated heterocycles. The maximum Gasteiger partial charge on any atom is 0.316 e. The highest BCUT2D eigenvalue weighted by atomic mass is 16.5. The number of Topliss-reactive ketones (excluding diaryl/α,β-unsaturated/α-hetero) is 1. The summed E-state index contributed by atoms with van der Waals surface area (Å²) in [4.78, 5) is 24.5. The minimum absolute atomic E-state index is 0.0348. The first-order chi connectivity index (χ1) is 14.0. The molecule has 3 saturated carbocycles. The second kappa shape index (κ2) is 7.70. The highest BCUT2D eigenvalue weighted by Crippen LogP contribution is 2.55. The maximum absolute atomic E-state index is 12.3. The van der Waals surface area contributed by atoms with E-state index in [1.54, 1.807) is 7.11 Å². The van der Waals surface area contributed by atoms with Gasteiger partial charge in [0.2, 0.25) is 0 Å². The summed E-state index contributed by atoms with van der Waals surface area (Å²) in [7, 11) is 2.93. The van der Waals surface area contributed by atoms with Gasteiger partial charge in [0.15, 0.2) is 11.5 Å². The minimum atomic E-state index is -0.743. The van der Waals surface area contributed by atoms with Crippen LogP contribution in [0.2, 0.25) is 0 Å². The van der Waals surface area contributed by atoms with Gasteiger partial charge in [0.25, 0.3) is 0 Å². The summed E-state index contributed by atoms with van der Waals surface area (Å²) in [6.07, 6.45) is 5.98. The molecule has 4 atom stereocenters. The Labute approximate surface area is 171 Å². The lowest BCUT2D eigenvalue weighted by atomic mass is 9.77. The van der Waals surface area contributed by atoms with Gasteiger partial charge >= 0.3 is 5.97 Å². The summed E-state index contributed by atoms with van der Waals surface area (Å²) in [5.74, 6) is -0.0514. The van der Waals surface area contributed by atoms with Crippen molar-refractivity contribution in [1.29, 1.82) is 5.26 Å². The molecule has 6 heteroatoms. The van der Waals surface area contributed by atoms with Crippen molar-refractivity contribution >= 4 is 11.8 Å². The Morgan fingerprint density at radius 3 is 2.59 bits per heavy atom. The zero-order chi connectivity index (χ0) is 20.6. The molecule has 0 bridgehead atoms. The van der Waals surface area contributed by atoms with E-state index in [0.717, 1.165) is 18.4 Å². The number of fused-ring (bicyclic) bond motifs is 1. The van der Waals surface area contributed by atoms with E-state index in [4.69, 9.17) is 14.2 Å². The number of rotatable bonds is 5. The average molecular weight is 397 g/mol. The Hall–Kier alpha value is -2.55. The molecule has 3 aliphatic carbocycles. The van der Waals surface area contributed by atoms with Gasteiger partial charge in [-0.2, -0.15) is 5.26 Å². The smallest absolute Gasteiger partial charge is 0.316 e. The fourth-order valence-electron chi connectivity index (χ4n) is 5.57. The van der Waals surface area contributed by atoms with Crippen molar-refractivity contribution in [3.63, 3.8) is 0 Å². The zero-order valence-corrected chi connectivity index (χ0v) is 17.0. The first-order valence-electron chi connectivity index (χ1n) is 10.4. The van der Waals surface area contributed by atoms with Crippen molar-refractivity contribution in [2.24, 2.45) is 17.8 Å². The number of carbonyl (C=O) groups excluding carboxylic acids is 2. The van der Waals surface area contributed by atoms with E-state index in [1.165, 1.54) is 20.0 Å². The van der Waals surface area contributed by atoms with E-state index in [0.29, 0.717) is 30.8 Å². The molecule has 3 aliphatic rings. The molecule has 1 aromatic carbocycles. The number of nitrogens with zero attached hydrogens (tertiary/aromatic N) is 1. The largest absolute Gasteiger partial charge is 0.493 e. The highest BCUT2D eigenvalue weighted by molar-refractivity contribution is 6.01.